The van der Waals surface area contributed by atoms with Gasteiger partial charge in [-0.1, -0.05) is 32.0 Å². The van der Waals surface area contributed by atoms with E-state index in [1.165, 1.54) is 24.2 Å². The SMILES string of the molecule is CC(=O)Nc1ccc(SC(C)C(=O)/C=C2/N(C)c3ccccc3C2(C)C)cc1. The van der Waals surface area contributed by atoms with Crippen molar-refractivity contribution >= 4 is 34.8 Å². The highest BCUT2D eigenvalue weighted by atomic mass is 32.2. The number of benzene rings is 2. The average molecular weight is 395 g/mol. The fraction of sp³-hybridized carbons (Fsp3) is 0.304. The minimum Gasteiger partial charge on any atom is -0.347 e. The lowest BCUT2D eigenvalue weighted by atomic mass is 9.83. The Labute approximate surface area is 171 Å². The summed E-state index contributed by atoms with van der Waals surface area (Å²) in [4.78, 5) is 27.2. The fourth-order valence-corrected chi connectivity index (χ4v) is 4.48. The van der Waals surface area contributed by atoms with E-state index in [4.69, 9.17) is 0 Å². The summed E-state index contributed by atoms with van der Waals surface area (Å²) in [5.41, 5.74) is 3.97. The predicted octanol–water partition coefficient (Wildman–Crippen LogP) is 5.01. The molecule has 0 radical (unpaired) electrons. The van der Waals surface area contributed by atoms with E-state index in [0.29, 0.717) is 0 Å². The summed E-state index contributed by atoms with van der Waals surface area (Å²) in [6.07, 6.45) is 1.79. The van der Waals surface area contributed by atoms with Crippen LogP contribution >= 0.6 is 11.8 Å². The molecular formula is C23H26N2O2S. The highest BCUT2D eigenvalue weighted by Gasteiger charge is 2.38. The van der Waals surface area contributed by atoms with Gasteiger partial charge in [-0.15, -0.1) is 11.8 Å². The number of likely N-dealkylation sites (N-methyl/N-ethyl adjacent to an activating group) is 1. The number of nitrogens with one attached hydrogen (secondary N) is 1. The Morgan fingerprint density at radius 3 is 2.36 bits per heavy atom. The Bertz CT molecular complexity index is 932. The van der Waals surface area contributed by atoms with Gasteiger partial charge in [0.05, 0.1) is 5.25 Å². The number of anilines is 2. The molecule has 1 N–H and O–H groups in total. The minimum atomic E-state index is -0.203. The summed E-state index contributed by atoms with van der Waals surface area (Å²) in [6, 6.07) is 15.8. The Balaban J connectivity index is 1.74. The first-order valence-electron chi connectivity index (χ1n) is 9.33. The van der Waals surface area contributed by atoms with Gasteiger partial charge >= 0.3 is 0 Å². The second-order valence-electron chi connectivity index (χ2n) is 7.60. The van der Waals surface area contributed by atoms with Gasteiger partial charge in [0.25, 0.3) is 0 Å². The van der Waals surface area contributed by atoms with Crippen LogP contribution in [0.1, 0.15) is 33.3 Å². The van der Waals surface area contributed by atoms with E-state index in [0.717, 1.165) is 22.0 Å². The molecular weight excluding hydrogens is 368 g/mol. The lowest BCUT2D eigenvalue weighted by molar-refractivity contribution is -0.114. The number of hydrogen-bond donors (Lipinski definition) is 1. The number of ketones is 1. The molecule has 0 bridgehead atoms. The quantitative estimate of drug-likeness (QED) is 0.572. The monoisotopic (exact) mass is 394 g/mol. The van der Waals surface area contributed by atoms with E-state index < -0.39 is 0 Å². The van der Waals surface area contributed by atoms with E-state index in [9.17, 15) is 9.59 Å². The Morgan fingerprint density at radius 1 is 1.11 bits per heavy atom. The maximum Gasteiger partial charge on any atom is 0.221 e. The zero-order valence-electron chi connectivity index (χ0n) is 16.9. The van der Waals surface area contributed by atoms with Crippen molar-refractivity contribution in [2.75, 3.05) is 17.3 Å². The van der Waals surface area contributed by atoms with Crippen molar-refractivity contribution in [3.8, 4) is 0 Å². The van der Waals surface area contributed by atoms with Crippen LogP contribution in [-0.4, -0.2) is 24.0 Å². The molecule has 1 amide bonds. The molecule has 4 nitrogen and oxygen atoms in total. The summed E-state index contributed by atoms with van der Waals surface area (Å²) in [5.74, 6) is -0.00135. The van der Waals surface area contributed by atoms with Crippen molar-refractivity contribution in [3.63, 3.8) is 0 Å². The number of amides is 1. The third-order valence-electron chi connectivity index (χ3n) is 5.11. The first kappa shape index (κ1) is 20.2. The number of nitrogens with zero attached hydrogens (tertiary/aromatic N) is 1. The highest BCUT2D eigenvalue weighted by molar-refractivity contribution is 8.00. The lowest BCUT2D eigenvalue weighted by Crippen LogP contribution is -2.25. The van der Waals surface area contributed by atoms with Gasteiger partial charge in [-0.2, -0.15) is 0 Å². The fourth-order valence-electron chi connectivity index (χ4n) is 3.59. The number of rotatable bonds is 5. The molecule has 2 aromatic rings. The summed E-state index contributed by atoms with van der Waals surface area (Å²) < 4.78 is 0. The highest BCUT2D eigenvalue weighted by Crippen LogP contribution is 2.46. The summed E-state index contributed by atoms with van der Waals surface area (Å²) >= 11 is 1.52. The van der Waals surface area contributed by atoms with Crippen molar-refractivity contribution in [2.24, 2.45) is 0 Å². The molecule has 1 aliphatic heterocycles. The van der Waals surface area contributed by atoms with Crippen LogP contribution in [0.4, 0.5) is 11.4 Å². The van der Waals surface area contributed by atoms with E-state index in [1.54, 1.807) is 6.08 Å². The molecule has 146 valence electrons. The number of fused-ring (bicyclic) bond motifs is 1. The molecule has 28 heavy (non-hydrogen) atoms. The standard InChI is InChI=1S/C23H26N2O2S/c1-15(28-18-12-10-17(11-13-18)24-16(2)26)21(27)14-22-23(3,4)19-8-6-7-9-20(19)25(22)5/h6-15H,1-5H3,(H,24,26)/b22-14+. The molecule has 3 rings (SSSR count). The van der Waals surface area contributed by atoms with Crippen LogP contribution in [0.15, 0.2) is 65.2 Å². The van der Waals surface area contributed by atoms with Gasteiger partial charge in [-0.25, -0.2) is 0 Å². The van der Waals surface area contributed by atoms with Crippen LogP contribution in [0.3, 0.4) is 0 Å². The van der Waals surface area contributed by atoms with Crippen LogP contribution in [0.5, 0.6) is 0 Å². The molecule has 0 saturated heterocycles. The van der Waals surface area contributed by atoms with Gasteiger partial charge in [-0.05, 0) is 42.8 Å². The minimum absolute atomic E-state index is 0.0960. The number of hydrogen-bond acceptors (Lipinski definition) is 4. The predicted molar refractivity (Wildman–Crippen MR) is 117 cm³/mol. The first-order chi connectivity index (χ1) is 13.2. The summed E-state index contributed by atoms with van der Waals surface area (Å²) in [7, 11) is 2.02. The van der Waals surface area contributed by atoms with Crippen molar-refractivity contribution in [1.82, 2.24) is 0 Å². The van der Waals surface area contributed by atoms with Gasteiger partial charge < -0.3 is 10.2 Å². The molecule has 5 heteroatoms. The van der Waals surface area contributed by atoms with E-state index in [-0.39, 0.29) is 22.4 Å². The van der Waals surface area contributed by atoms with Crippen molar-refractivity contribution in [3.05, 3.63) is 65.9 Å². The molecule has 1 heterocycles. The van der Waals surface area contributed by atoms with Crippen LogP contribution in [0.25, 0.3) is 0 Å². The van der Waals surface area contributed by atoms with Crippen LogP contribution in [0.2, 0.25) is 0 Å². The third-order valence-corrected chi connectivity index (χ3v) is 6.24. The zero-order valence-corrected chi connectivity index (χ0v) is 17.8. The molecule has 0 aliphatic carbocycles. The topological polar surface area (TPSA) is 49.4 Å². The van der Waals surface area contributed by atoms with Gasteiger partial charge in [-0.3, -0.25) is 9.59 Å². The van der Waals surface area contributed by atoms with Crippen LogP contribution < -0.4 is 10.2 Å². The summed E-state index contributed by atoms with van der Waals surface area (Å²) in [6.45, 7) is 7.73. The second-order valence-corrected chi connectivity index (χ2v) is 9.01. The molecule has 2 aromatic carbocycles. The molecule has 0 spiro atoms. The molecule has 1 unspecified atom stereocenters. The number of thioether (sulfide) groups is 1. The number of allylic oxidation sites excluding steroid dienone is 2. The first-order valence-corrected chi connectivity index (χ1v) is 10.2. The van der Waals surface area contributed by atoms with E-state index in [1.807, 2.05) is 50.4 Å². The lowest BCUT2D eigenvalue weighted by Gasteiger charge is -2.24. The van der Waals surface area contributed by atoms with E-state index in [2.05, 4.69) is 36.2 Å². The maximum atomic E-state index is 12.9. The van der Waals surface area contributed by atoms with Gasteiger partial charge in [0.2, 0.25) is 5.91 Å². The molecule has 0 saturated carbocycles. The number of para-hydroxylation sites is 1. The van der Waals surface area contributed by atoms with E-state index >= 15 is 0 Å². The third kappa shape index (κ3) is 3.99. The molecule has 1 atom stereocenters. The van der Waals surface area contributed by atoms with Gasteiger partial charge in [0.1, 0.15) is 0 Å². The zero-order chi connectivity index (χ0) is 20.5. The van der Waals surface area contributed by atoms with Crippen molar-refractivity contribution < 1.29 is 9.59 Å². The number of carbonyl (C=O) groups excluding carboxylic acids is 2. The largest absolute Gasteiger partial charge is 0.347 e. The van der Waals surface area contributed by atoms with Crippen LogP contribution in [0, 0.1) is 0 Å². The van der Waals surface area contributed by atoms with Crippen molar-refractivity contribution in [1.29, 1.82) is 0 Å². The summed E-state index contributed by atoms with van der Waals surface area (Å²) in [5, 5.41) is 2.55. The normalized spacial score (nSPS) is 17.3. The average Bonchev–Trinajstić information content (AvgIpc) is 2.84. The second kappa shape index (κ2) is 7.84. The Morgan fingerprint density at radius 2 is 1.75 bits per heavy atom. The smallest absolute Gasteiger partial charge is 0.221 e. The molecule has 0 aromatic heterocycles. The maximum absolute atomic E-state index is 12.9. The Hall–Kier alpha value is -2.53. The van der Waals surface area contributed by atoms with Crippen LogP contribution in [-0.2, 0) is 15.0 Å². The molecule has 0 fully saturated rings. The molecule has 1 aliphatic rings. The van der Waals surface area contributed by atoms with Gasteiger partial charge in [0, 0.05) is 47.4 Å². The van der Waals surface area contributed by atoms with Crippen molar-refractivity contribution in [2.45, 2.75) is 43.3 Å². The number of carbonyl (C=O) groups is 2. The Kier molecular flexibility index (Phi) is 5.66. The van der Waals surface area contributed by atoms with Gasteiger partial charge in [0.15, 0.2) is 5.78 Å².